The molecule has 1 aromatic rings. The Hall–Kier alpha value is -0.350. The van der Waals surface area contributed by atoms with Crippen molar-refractivity contribution in [1.82, 2.24) is 0 Å². The zero-order valence-electron chi connectivity index (χ0n) is 9.30. The molecule has 0 radical (unpaired) electrons. The molecule has 16 heavy (non-hydrogen) atoms. The number of alkyl halides is 1. The van der Waals surface area contributed by atoms with Crippen molar-refractivity contribution in [2.24, 2.45) is 0 Å². The van der Waals surface area contributed by atoms with E-state index < -0.39 is 0 Å². The highest BCUT2D eigenvalue weighted by atomic mass is 79.9. The van der Waals surface area contributed by atoms with E-state index in [1.54, 1.807) is 7.11 Å². The lowest BCUT2D eigenvalue weighted by Gasteiger charge is -2.09. The standard InChI is InChI=1S/C12H14Br2O2/c1-3-11(15)9(13)6-8-4-5-12(16-2)10(14)7-8/h4-5,7,9H,3,6H2,1-2H3. The van der Waals surface area contributed by atoms with Crippen LogP contribution in [0.2, 0.25) is 0 Å². The third-order valence-electron chi connectivity index (χ3n) is 2.33. The SMILES string of the molecule is CCC(=O)C(Br)Cc1ccc(OC)c(Br)c1. The monoisotopic (exact) mass is 348 g/mol. The predicted octanol–water partition coefficient (Wildman–Crippen LogP) is 3.74. The minimum Gasteiger partial charge on any atom is -0.496 e. The zero-order valence-corrected chi connectivity index (χ0v) is 12.5. The molecule has 0 N–H and O–H groups in total. The number of hydrogen-bond acceptors (Lipinski definition) is 2. The third-order valence-corrected chi connectivity index (χ3v) is 3.78. The number of hydrogen-bond donors (Lipinski definition) is 0. The number of methoxy groups -OCH3 is 1. The van der Waals surface area contributed by atoms with Crippen molar-refractivity contribution in [3.05, 3.63) is 28.2 Å². The van der Waals surface area contributed by atoms with Crippen molar-refractivity contribution in [2.75, 3.05) is 7.11 Å². The maximum Gasteiger partial charge on any atom is 0.146 e. The van der Waals surface area contributed by atoms with Gasteiger partial charge in [-0.25, -0.2) is 0 Å². The van der Waals surface area contributed by atoms with Gasteiger partial charge in [0.25, 0.3) is 0 Å². The van der Waals surface area contributed by atoms with Gasteiger partial charge in [0, 0.05) is 6.42 Å². The molecule has 0 aliphatic rings. The number of halogens is 2. The normalized spacial score (nSPS) is 12.2. The predicted molar refractivity (Wildman–Crippen MR) is 72.4 cm³/mol. The molecule has 2 nitrogen and oxygen atoms in total. The molecule has 1 atom stereocenters. The smallest absolute Gasteiger partial charge is 0.146 e. The van der Waals surface area contributed by atoms with Gasteiger partial charge in [0.2, 0.25) is 0 Å². The molecular weight excluding hydrogens is 336 g/mol. The molecule has 1 aromatic carbocycles. The Morgan fingerprint density at radius 3 is 2.69 bits per heavy atom. The lowest BCUT2D eigenvalue weighted by Crippen LogP contribution is -2.15. The molecule has 0 saturated heterocycles. The second-order valence-corrected chi connectivity index (χ2v) is 5.42. The summed E-state index contributed by atoms with van der Waals surface area (Å²) in [4.78, 5) is 11.3. The number of ketones is 1. The van der Waals surface area contributed by atoms with E-state index in [2.05, 4.69) is 31.9 Å². The van der Waals surface area contributed by atoms with Gasteiger partial charge in [-0.15, -0.1) is 0 Å². The first kappa shape index (κ1) is 13.7. The molecule has 0 bridgehead atoms. The van der Waals surface area contributed by atoms with Crippen LogP contribution in [0.1, 0.15) is 18.9 Å². The van der Waals surface area contributed by atoms with Gasteiger partial charge < -0.3 is 4.74 Å². The number of rotatable bonds is 5. The molecule has 0 aliphatic heterocycles. The lowest BCUT2D eigenvalue weighted by atomic mass is 10.1. The van der Waals surface area contributed by atoms with Gasteiger partial charge in [-0.2, -0.15) is 0 Å². The van der Waals surface area contributed by atoms with Crippen molar-refractivity contribution in [3.63, 3.8) is 0 Å². The highest BCUT2D eigenvalue weighted by Crippen LogP contribution is 2.26. The first-order valence-electron chi connectivity index (χ1n) is 5.07. The van der Waals surface area contributed by atoms with Gasteiger partial charge >= 0.3 is 0 Å². The Labute approximate surface area is 113 Å². The summed E-state index contributed by atoms with van der Waals surface area (Å²) in [5, 5.41) is 0. The van der Waals surface area contributed by atoms with E-state index in [1.807, 2.05) is 25.1 Å². The van der Waals surface area contributed by atoms with E-state index in [4.69, 9.17) is 4.74 Å². The molecule has 0 amide bonds. The van der Waals surface area contributed by atoms with Crippen LogP contribution in [-0.2, 0) is 11.2 Å². The summed E-state index contributed by atoms with van der Waals surface area (Å²) in [5.74, 6) is 1.03. The second kappa shape index (κ2) is 6.40. The van der Waals surface area contributed by atoms with E-state index in [9.17, 15) is 4.79 Å². The first-order valence-corrected chi connectivity index (χ1v) is 6.78. The Morgan fingerprint density at radius 2 is 2.19 bits per heavy atom. The third kappa shape index (κ3) is 3.59. The van der Waals surface area contributed by atoms with Crippen LogP contribution in [0.5, 0.6) is 5.75 Å². The van der Waals surface area contributed by atoms with Crippen molar-refractivity contribution in [1.29, 1.82) is 0 Å². The first-order chi connectivity index (χ1) is 7.58. The minimum absolute atomic E-state index is 0.0993. The largest absolute Gasteiger partial charge is 0.496 e. The van der Waals surface area contributed by atoms with Crippen LogP contribution in [0, 0.1) is 0 Å². The Balaban J connectivity index is 2.75. The van der Waals surface area contributed by atoms with Crippen molar-refractivity contribution in [3.8, 4) is 5.75 Å². The van der Waals surface area contributed by atoms with Gasteiger partial charge in [-0.1, -0.05) is 28.9 Å². The van der Waals surface area contributed by atoms with Gasteiger partial charge in [-0.05, 0) is 40.0 Å². The molecular formula is C12H14Br2O2. The summed E-state index contributed by atoms with van der Waals surface area (Å²) in [6.45, 7) is 1.88. The molecule has 0 fully saturated rings. The number of benzene rings is 1. The van der Waals surface area contributed by atoms with E-state index in [1.165, 1.54) is 0 Å². The van der Waals surface area contributed by atoms with Crippen LogP contribution in [-0.4, -0.2) is 17.7 Å². The fourth-order valence-electron chi connectivity index (χ4n) is 1.38. The van der Waals surface area contributed by atoms with Crippen LogP contribution in [0.25, 0.3) is 0 Å². The number of ether oxygens (including phenoxy) is 1. The van der Waals surface area contributed by atoms with Crippen LogP contribution in [0.4, 0.5) is 0 Å². The average molecular weight is 350 g/mol. The van der Waals surface area contributed by atoms with Gasteiger partial charge in [-0.3, -0.25) is 4.79 Å². The summed E-state index contributed by atoms with van der Waals surface area (Å²) in [6.07, 6.45) is 1.27. The quantitative estimate of drug-likeness (QED) is 0.757. The van der Waals surface area contributed by atoms with E-state index in [0.717, 1.165) is 15.8 Å². The van der Waals surface area contributed by atoms with E-state index in [-0.39, 0.29) is 10.6 Å². The van der Waals surface area contributed by atoms with E-state index >= 15 is 0 Å². The average Bonchev–Trinajstić information content (AvgIpc) is 2.28. The van der Waals surface area contributed by atoms with Crippen LogP contribution in [0.15, 0.2) is 22.7 Å². The zero-order chi connectivity index (χ0) is 12.1. The highest BCUT2D eigenvalue weighted by molar-refractivity contribution is 9.10. The van der Waals surface area contributed by atoms with Crippen LogP contribution >= 0.6 is 31.9 Å². The van der Waals surface area contributed by atoms with Crippen molar-refractivity contribution < 1.29 is 9.53 Å². The molecule has 4 heteroatoms. The second-order valence-electron chi connectivity index (χ2n) is 3.46. The van der Waals surface area contributed by atoms with Crippen LogP contribution in [0.3, 0.4) is 0 Å². The molecule has 0 heterocycles. The lowest BCUT2D eigenvalue weighted by molar-refractivity contribution is -0.118. The Kier molecular flexibility index (Phi) is 5.49. The van der Waals surface area contributed by atoms with Crippen molar-refractivity contribution in [2.45, 2.75) is 24.6 Å². The molecule has 0 spiro atoms. The van der Waals surface area contributed by atoms with Crippen LogP contribution < -0.4 is 4.74 Å². The molecule has 1 rings (SSSR count). The summed E-state index contributed by atoms with van der Waals surface area (Å²) in [6, 6.07) is 5.85. The fourth-order valence-corrected chi connectivity index (χ4v) is 2.66. The molecule has 0 saturated carbocycles. The summed E-state index contributed by atoms with van der Waals surface area (Å²) >= 11 is 6.83. The van der Waals surface area contributed by atoms with Crippen molar-refractivity contribution >= 4 is 37.6 Å². The molecule has 0 aliphatic carbocycles. The topological polar surface area (TPSA) is 26.3 Å². The number of carbonyl (C=O) groups is 1. The molecule has 1 unspecified atom stereocenters. The number of carbonyl (C=O) groups excluding carboxylic acids is 1. The molecule has 88 valence electrons. The van der Waals surface area contributed by atoms with Gasteiger partial charge in [0.05, 0.1) is 16.4 Å². The van der Waals surface area contributed by atoms with E-state index in [0.29, 0.717) is 12.8 Å². The minimum atomic E-state index is -0.0993. The molecule has 0 aromatic heterocycles. The summed E-state index contributed by atoms with van der Waals surface area (Å²) in [7, 11) is 1.63. The van der Waals surface area contributed by atoms with Gasteiger partial charge in [0.15, 0.2) is 0 Å². The Morgan fingerprint density at radius 1 is 1.50 bits per heavy atom. The highest BCUT2D eigenvalue weighted by Gasteiger charge is 2.13. The summed E-state index contributed by atoms with van der Waals surface area (Å²) in [5.41, 5.74) is 1.11. The van der Waals surface area contributed by atoms with Gasteiger partial charge in [0.1, 0.15) is 11.5 Å². The fraction of sp³-hybridized carbons (Fsp3) is 0.417. The maximum atomic E-state index is 11.4. The Bertz CT molecular complexity index is 377. The number of Topliss-reactive ketones (excluding diaryl/α,β-unsaturated/α-hetero) is 1. The maximum absolute atomic E-state index is 11.4. The summed E-state index contributed by atoms with van der Waals surface area (Å²) < 4.78 is 6.06.